The second-order valence-electron chi connectivity index (χ2n) is 9.15. The molecule has 180 valence electrons. The number of nitrogens with one attached hydrogen (secondary N) is 1. The minimum atomic E-state index is -0.664. The number of carbonyl (C=O) groups excluding carboxylic acids is 1. The summed E-state index contributed by atoms with van der Waals surface area (Å²) >= 11 is 0. The third-order valence-electron chi connectivity index (χ3n) is 6.82. The normalized spacial score (nSPS) is 19.9. The fourth-order valence-corrected chi connectivity index (χ4v) is 5.01. The van der Waals surface area contributed by atoms with Crippen LogP contribution in [0.15, 0.2) is 67.0 Å². The molecule has 1 fully saturated rings. The number of hydrogen-bond donors (Lipinski definition) is 2. The molecule has 2 atom stereocenters. The van der Waals surface area contributed by atoms with Crippen LogP contribution in [-0.2, 0) is 11.2 Å². The highest BCUT2D eigenvalue weighted by Crippen LogP contribution is 2.35. The van der Waals surface area contributed by atoms with Crippen LogP contribution in [-0.4, -0.2) is 35.3 Å². The lowest BCUT2D eigenvalue weighted by molar-refractivity contribution is -0.117. The van der Waals surface area contributed by atoms with Crippen molar-refractivity contribution in [2.24, 2.45) is 0 Å². The van der Waals surface area contributed by atoms with Crippen molar-refractivity contribution in [3.63, 3.8) is 0 Å². The zero-order chi connectivity index (χ0) is 24.2. The monoisotopic (exact) mass is 470 g/mol. The standard InChI is InChI=1S/C29H30N2O4/c1-34-26-11-10-19(17-27(26)35-22-7-3-4-8-22)16-24(20-12-14-30-15-13-20)29(33)31-28-23-9-5-2-6-21(23)18-25(28)32/h2,5-6,9-17,22,25,28,32H,3-4,7-8,18H2,1H3,(H,31,33)/b24-16+/t25-,28+/m1/s1. The number of carbonyl (C=O) groups is 1. The van der Waals surface area contributed by atoms with Crippen LogP contribution in [0.2, 0.25) is 0 Å². The van der Waals surface area contributed by atoms with Gasteiger partial charge in [0.15, 0.2) is 11.5 Å². The third kappa shape index (κ3) is 5.08. The summed E-state index contributed by atoms with van der Waals surface area (Å²) in [5, 5.41) is 13.7. The molecule has 0 saturated heterocycles. The molecular formula is C29H30N2O4. The summed E-state index contributed by atoms with van der Waals surface area (Å²) < 4.78 is 11.8. The van der Waals surface area contributed by atoms with Gasteiger partial charge in [0.25, 0.3) is 5.91 Å². The average molecular weight is 471 g/mol. The van der Waals surface area contributed by atoms with E-state index < -0.39 is 12.1 Å². The Kier molecular flexibility index (Phi) is 6.82. The van der Waals surface area contributed by atoms with Crippen LogP contribution in [0.1, 0.15) is 54.0 Å². The largest absolute Gasteiger partial charge is 0.493 e. The molecule has 0 spiro atoms. The highest BCUT2D eigenvalue weighted by Gasteiger charge is 2.32. The van der Waals surface area contributed by atoms with Crippen molar-refractivity contribution in [3.05, 3.63) is 89.2 Å². The van der Waals surface area contributed by atoms with Crippen LogP contribution < -0.4 is 14.8 Å². The van der Waals surface area contributed by atoms with Crippen LogP contribution in [0, 0.1) is 0 Å². The number of nitrogens with zero attached hydrogens (tertiary/aromatic N) is 1. The van der Waals surface area contributed by atoms with Gasteiger partial charge in [-0.1, -0.05) is 30.3 Å². The zero-order valence-electron chi connectivity index (χ0n) is 19.8. The lowest BCUT2D eigenvalue weighted by Gasteiger charge is -2.20. The fourth-order valence-electron chi connectivity index (χ4n) is 5.01. The Hall–Kier alpha value is -3.64. The highest BCUT2D eigenvalue weighted by atomic mass is 16.5. The maximum absolute atomic E-state index is 13.6. The number of aromatic nitrogens is 1. The Morgan fingerprint density at radius 3 is 2.60 bits per heavy atom. The number of pyridine rings is 1. The summed E-state index contributed by atoms with van der Waals surface area (Å²) in [5.41, 5.74) is 4.07. The van der Waals surface area contributed by atoms with Crippen molar-refractivity contribution in [2.75, 3.05) is 7.11 Å². The summed E-state index contributed by atoms with van der Waals surface area (Å²) in [6, 6.07) is 16.7. The molecule has 2 N–H and O–H groups in total. The summed E-state index contributed by atoms with van der Waals surface area (Å²) in [5.74, 6) is 1.10. The topological polar surface area (TPSA) is 80.7 Å². The van der Waals surface area contributed by atoms with E-state index in [1.54, 1.807) is 19.5 Å². The van der Waals surface area contributed by atoms with Crippen molar-refractivity contribution in [3.8, 4) is 11.5 Å². The van der Waals surface area contributed by atoms with Gasteiger partial charge in [0.2, 0.25) is 0 Å². The van der Waals surface area contributed by atoms with E-state index in [0.717, 1.165) is 35.1 Å². The van der Waals surface area contributed by atoms with E-state index in [-0.39, 0.29) is 12.0 Å². The molecule has 0 aliphatic heterocycles. The van der Waals surface area contributed by atoms with E-state index in [9.17, 15) is 9.90 Å². The first kappa shape index (κ1) is 23.1. The van der Waals surface area contributed by atoms with Gasteiger partial charge in [-0.25, -0.2) is 0 Å². The van der Waals surface area contributed by atoms with Crippen LogP contribution in [0.4, 0.5) is 0 Å². The Bertz CT molecular complexity index is 1220. The summed E-state index contributed by atoms with van der Waals surface area (Å²) in [6.07, 6.45) is 9.66. The van der Waals surface area contributed by atoms with Gasteiger partial charge in [0.05, 0.1) is 25.4 Å². The van der Waals surface area contributed by atoms with E-state index in [4.69, 9.17) is 9.47 Å². The van der Waals surface area contributed by atoms with Gasteiger partial charge in [0.1, 0.15) is 0 Å². The molecule has 1 heterocycles. The van der Waals surface area contributed by atoms with Gasteiger partial charge in [-0.2, -0.15) is 0 Å². The molecule has 1 aromatic heterocycles. The first-order valence-electron chi connectivity index (χ1n) is 12.2. The molecule has 6 nitrogen and oxygen atoms in total. The Morgan fingerprint density at radius 2 is 1.83 bits per heavy atom. The van der Waals surface area contributed by atoms with Gasteiger partial charge in [-0.3, -0.25) is 9.78 Å². The van der Waals surface area contributed by atoms with Crippen molar-refractivity contribution in [1.82, 2.24) is 10.3 Å². The quantitative estimate of drug-likeness (QED) is 0.488. The van der Waals surface area contributed by atoms with E-state index in [1.807, 2.05) is 60.7 Å². The molecule has 0 bridgehead atoms. The molecule has 0 radical (unpaired) electrons. The smallest absolute Gasteiger partial charge is 0.252 e. The first-order chi connectivity index (χ1) is 17.1. The molecule has 35 heavy (non-hydrogen) atoms. The zero-order valence-corrected chi connectivity index (χ0v) is 19.8. The lowest BCUT2D eigenvalue weighted by Crippen LogP contribution is -2.34. The van der Waals surface area contributed by atoms with Crippen LogP contribution in [0.5, 0.6) is 11.5 Å². The van der Waals surface area contributed by atoms with Gasteiger partial charge >= 0.3 is 0 Å². The second-order valence-corrected chi connectivity index (χ2v) is 9.15. The molecule has 2 aromatic carbocycles. The summed E-state index contributed by atoms with van der Waals surface area (Å²) in [4.78, 5) is 17.7. The first-order valence-corrected chi connectivity index (χ1v) is 12.2. The molecule has 0 unspecified atom stereocenters. The molecule has 6 heteroatoms. The van der Waals surface area contributed by atoms with Crippen LogP contribution in [0.3, 0.4) is 0 Å². The van der Waals surface area contributed by atoms with Crippen molar-refractivity contribution < 1.29 is 19.4 Å². The molecule has 2 aliphatic rings. The highest BCUT2D eigenvalue weighted by molar-refractivity contribution is 6.24. The Labute approximate surface area is 205 Å². The molecule has 1 amide bonds. The Balaban J connectivity index is 1.47. The number of hydrogen-bond acceptors (Lipinski definition) is 5. The second kappa shape index (κ2) is 10.3. The summed E-state index contributed by atoms with van der Waals surface area (Å²) in [7, 11) is 1.63. The number of methoxy groups -OCH3 is 1. The maximum atomic E-state index is 13.6. The van der Waals surface area contributed by atoms with Crippen LogP contribution >= 0.6 is 0 Å². The SMILES string of the molecule is COc1ccc(/C=C(/C(=O)N[C@H]2c3ccccc3C[C@H]2O)c2ccncc2)cc1OC1CCCC1. The van der Waals surface area contributed by atoms with E-state index >= 15 is 0 Å². The minimum Gasteiger partial charge on any atom is -0.493 e. The van der Waals surface area contributed by atoms with Crippen molar-refractivity contribution >= 4 is 17.6 Å². The van der Waals surface area contributed by atoms with Crippen LogP contribution in [0.25, 0.3) is 11.6 Å². The van der Waals surface area contributed by atoms with Gasteiger partial charge < -0.3 is 19.9 Å². The molecule has 5 rings (SSSR count). The number of rotatable bonds is 7. The summed E-state index contributed by atoms with van der Waals surface area (Å²) in [6.45, 7) is 0. The predicted octanol–water partition coefficient (Wildman–Crippen LogP) is 4.73. The van der Waals surface area contributed by atoms with E-state index in [0.29, 0.717) is 23.5 Å². The van der Waals surface area contributed by atoms with Gasteiger partial charge in [-0.05, 0) is 78.3 Å². The van der Waals surface area contributed by atoms with Gasteiger partial charge in [0, 0.05) is 24.4 Å². The average Bonchev–Trinajstić information content (AvgIpc) is 3.50. The maximum Gasteiger partial charge on any atom is 0.252 e. The number of benzene rings is 2. The predicted molar refractivity (Wildman–Crippen MR) is 135 cm³/mol. The number of aliphatic hydroxyl groups is 1. The number of aliphatic hydroxyl groups excluding tert-OH is 1. The fraction of sp³-hybridized carbons (Fsp3) is 0.310. The van der Waals surface area contributed by atoms with E-state index in [2.05, 4.69) is 10.3 Å². The Morgan fingerprint density at radius 1 is 1.06 bits per heavy atom. The molecular weight excluding hydrogens is 440 g/mol. The van der Waals surface area contributed by atoms with Gasteiger partial charge in [-0.15, -0.1) is 0 Å². The molecule has 3 aromatic rings. The third-order valence-corrected chi connectivity index (χ3v) is 6.82. The molecule has 1 saturated carbocycles. The lowest BCUT2D eigenvalue weighted by atomic mass is 10.0. The van der Waals surface area contributed by atoms with E-state index in [1.165, 1.54) is 12.8 Å². The number of ether oxygens (including phenoxy) is 2. The molecule has 2 aliphatic carbocycles. The number of amides is 1. The minimum absolute atomic E-state index is 0.190. The van der Waals surface area contributed by atoms with Crippen molar-refractivity contribution in [1.29, 1.82) is 0 Å². The van der Waals surface area contributed by atoms with Crippen molar-refractivity contribution in [2.45, 2.75) is 50.4 Å². The number of fused-ring (bicyclic) bond motifs is 1.